The van der Waals surface area contributed by atoms with E-state index in [2.05, 4.69) is 35.4 Å². The number of aryl methyl sites for hydroxylation is 1. The highest BCUT2D eigenvalue weighted by Crippen LogP contribution is 2.19. The number of para-hydroxylation sites is 2. The van der Waals surface area contributed by atoms with E-state index in [1.54, 1.807) is 0 Å². The topological polar surface area (TPSA) is 38.1 Å². The number of hydrogen-bond acceptors (Lipinski definition) is 3. The molecule has 0 aliphatic heterocycles. The number of benzene rings is 2. The lowest BCUT2D eigenvalue weighted by Crippen LogP contribution is -2.04. The number of oxazole rings is 1. The Kier molecular flexibility index (Phi) is 3.19. The summed E-state index contributed by atoms with van der Waals surface area (Å²) in [5.74, 6) is 0.785. The lowest BCUT2D eigenvalue weighted by atomic mass is 10.2. The molecule has 0 fully saturated rings. The minimum atomic E-state index is 0.781. The number of aromatic nitrogens is 1. The maximum absolute atomic E-state index is 5.74. The lowest BCUT2D eigenvalue weighted by molar-refractivity contribution is 0.534. The molecule has 0 radical (unpaired) electrons. The number of nitrogens with zero attached hydrogens (tertiary/aromatic N) is 1. The van der Waals surface area contributed by atoms with Gasteiger partial charge in [0.25, 0.3) is 0 Å². The molecular weight excluding hydrogens is 236 g/mol. The van der Waals surface area contributed by atoms with Crippen molar-refractivity contribution in [3.63, 3.8) is 0 Å². The highest BCUT2D eigenvalue weighted by molar-refractivity contribution is 5.76. The Morgan fingerprint density at radius 3 is 2.68 bits per heavy atom. The monoisotopic (exact) mass is 252 g/mol. The van der Waals surface area contributed by atoms with Crippen molar-refractivity contribution in [2.45, 2.75) is 13.3 Å². The van der Waals surface area contributed by atoms with Crippen LogP contribution in [-0.4, -0.2) is 11.5 Å². The highest BCUT2D eigenvalue weighted by Gasteiger charge is 2.06. The van der Waals surface area contributed by atoms with Crippen molar-refractivity contribution in [1.29, 1.82) is 0 Å². The molecule has 0 spiro atoms. The standard InChI is InChI=1S/C16H16N2O/c1-12-6-5-9-14-16(12)18-15(19-14)10-11-17-13-7-3-2-4-8-13/h2-9,17H,10-11H2,1H3. The summed E-state index contributed by atoms with van der Waals surface area (Å²) in [5.41, 5.74) is 4.12. The summed E-state index contributed by atoms with van der Waals surface area (Å²) < 4.78 is 5.74. The van der Waals surface area contributed by atoms with Gasteiger partial charge in [-0.25, -0.2) is 4.98 Å². The predicted molar refractivity (Wildman–Crippen MR) is 77.4 cm³/mol. The Labute approximate surface area is 112 Å². The molecule has 1 heterocycles. The largest absolute Gasteiger partial charge is 0.441 e. The van der Waals surface area contributed by atoms with Crippen molar-refractivity contribution in [2.75, 3.05) is 11.9 Å². The molecular formula is C16H16N2O. The van der Waals surface area contributed by atoms with Gasteiger partial charge in [0.1, 0.15) is 5.52 Å². The summed E-state index contributed by atoms with van der Waals surface area (Å²) in [6.45, 7) is 2.87. The minimum absolute atomic E-state index is 0.781. The van der Waals surface area contributed by atoms with Gasteiger partial charge in [-0.05, 0) is 30.7 Å². The zero-order chi connectivity index (χ0) is 13.1. The molecule has 0 unspecified atom stereocenters. The first kappa shape index (κ1) is 11.8. The molecule has 0 amide bonds. The quantitative estimate of drug-likeness (QED) is 0.767. The fraction of sp³-hybridized carbons (Fsp3) is 0.188. The number of anilines is 1. The van der Waals surface area contributed by atoms with Crippen molar-refractivity contribution in [3.8, 4) is 0 Å². The third-order valence-electron chi connectivity index (χ3n) is 3.11. The predicted octanol–water partition coefficient (Wildman–Crippen LogP) is 3.79. The SMILES string of the molecule is Cc1cccc2oc(CCNc3ccccc3)nc12. The molecule has 3 heteroatoms. The summed E-state index contributed by atoms with van der Waals surface area (Å²) in [5, 5.41) is 3.35. The van der Waals surface area contributed by atoms with Crippen molar-refractivity contribution in [3.05, 3.63) is 60.0 Å². The van der Waals surface area contributed by atoms with Crippen LogP contribution >= 0.6 is 0 Å². The zero-order valence-corrected chi connectivity index (χ0v) is 10.9. The molecule has 3 aromatic rings. The molecule has 96 valence electrons. The maximum Gasteiger partial charge on any atom is 0.197 e. The molecule has 3 nitrogen and oxygen atoms in total. The van der Waals surface area contributed by atoms with Crippen LogP contribution in [0.5, 0.6) is 0 Å². The average Bonchev–Trinajstić information content (AvgIpc) is 2.84. The summed E-state index contributed by atoms with van der Waals surface area (Å²) in [6.07, 6.45) is 0.781. The van der Waals surface area contributed by atoms with E-state index in [4.69, 9.17) is 4.42 Å². The Bertz CT molecular complexity index is 674. The Morgan fingerprint density at radius 2 is 1.89 bits per heavy atom. The van der Waals surface area contributed by atoms with Gasteiger partial charge >= 0.3 is 0 Å². The van der Waals surface area contributed by atoms with Gasteiger partial charge in [0.05, 0.1) is 0 Å². The second-order valence-corrected chi connectivity index (χ2v) is 4.57. The molecule has 0 aliphatic rings. The van der Waals surface area contributed by atoms with Crippen molar-refractivity contribution < 1.29 is 4.42 Å². The van der Waals surface area contributed by atoms with E-state index in [0.717, 1.165) is 41.2 Å². The number of nitrogens with one attached hydrogen (secondary N) is 1. The van der Waals surface area contributed by atoms with Crippen LogP contribution in [-0.2, 0) is 6.42 Å². The summed E-state index contributed by atoms with van der Waals surface area (Å²) in [4.78, 5) is 4.54. The smallest absolute Gasteiger partial charge is 0.197 e. The Morgan fingerprint density at radius 1 is 1.05 bits per heavy atom. The maximum atomic E-state index is 5.74. The molecule has 0 saturated heterocycles. The van der Waals surface area contributed by atoms with Gasteiger partial charge in [-0.3, -0.25) is 0 Å². The molecule has 0 aliphatic carbocycles. The molecule has 0 atom stereocenters. The summed E-state index contributed by atoms with van der Waals surface area (Å²) >= 11 is 0. The first-order valence-corrected chi connectivity index (χ1v) is 6.47. The van der Waals surface area contributed by atoms with Crippen LogP contribution in [0.4, 0.5) is 5.69 Å². The van der Waals surface area contributed by atoms with E-state index in [0.29, 0.717) is 0 Å². The van der Waals surface area contributed by atoms with Crippen LogP contribution < -0.4 is 5.32 Å². The summed E-state index contributed by atoms with van der Waals surface area (Å²) in [7, 11) is 0. The van der Waals surface area contributed by atoms with Crippen molar-refractivity contribution in [2.24, 2.45) is 0 Å². The third-order valence-corrected chi connectivity index (χ3v) is 3.11. The van der Waals surface area contributed by atoms with E-state index in [1.807, 2.05) is 30.3 Å². The molecule has 0 bridgehead atoms. The van der Waals surface area contributed by atoms with Crippen LogP contribution in [0.15, 0.2) is 52.9 Å². The van der Waals surface area contributed by atoms with Crippen LogP contribution in [0.3, 0.4) is 0 Å². The Hall–Kier alpha value is -2.29. The van der Waals surface area contributed by atoms with E-state index in [1.165, 1.54) is 0 Å². The second-order valence-electron chi connectivity index (χ2n) is 4.57. The second kappa shape index (κ2) is 5.14. The minimum Gasteiger partial charge on any atom is -0.441 e. The van der Waals surface area contributed by atoms with Crippen LogP contribution in [0.2, 0.25) is 0 Å². The number of rotatable bonds is 4. The zero-order valence-electron chi connectivity index (χ0n) is 10.9. The number of fused-ring (bicyclic) bond motifs is 1. The van der Waals surface area contributed by atoms with Gasteiger partial charge in [-0.1, -0.05) is 30.3 Å². The Balaban J connectivity index is 1.67. The lowest BCUT2D eigenvalue weighted by Gasteiger charge is -2.03. The average molecular weight is 252 g/mol. The van der Waals surface area contributed by atoms with E-state index < -0.39 is 0 Å². The van der Waals surface area contributed by atoms with E-state index in [-0.39, 0.29) is 0 Å². The van der Waals surface area contributed by atoms with Gasteiger partial charge in [-0.2, -0.15) is 0 Å². The fourth-order valence-electron chi connectivity index (χ4n) is 2.11. The van der Waals surface area contributed by atoms with Gasteiger partial charge in [0, 0.05) is 18.7 Å². The van der Waals surface area contributed by atoms with Crippen LogP contribution in [0.1, 0.15) is 11.5 Å². The van der Waals surface area contributed by atoms with Crippen molar-refractivity contribution in [1.82, 2.24) is 4.98 Å². The van der Waals surface area contributed by atoms with Gasteiger partial charge in [-0.15, -0.1) is 0 Å². The van der Waals surface area contributed by atoms with Gasteiger partial charge in [0.15, 0.2) is 11.5 Å². The first-order chi connectivity index (χ1) is 9.33. The fourth-order valence-corrected chi connectivity index (χ4v) is 2.11. The van der Waals surface area contributed by atoms with Crippen LogP contribution in [0.25, 0.3) is 11.1 Å². The third kappa shape index (κ3) is 2.60. The molecule has 1 aromatic heterocycles. The summed E-state index contributed by atoms with van der Waals surface area (Å²) in [6, 6.07) is 16.2. The van der Waals surface area contributed by atoms with Crippen LogP contribution in [0, 0.1) is 6.92 Å². The molecule has 1 N–H and O–H groups in total. The van der Waals surface area contributed by atoms with Gasteiger partial charge < -0.3 is 9.73 Å². The molecule has 19 heavy (non-hydrogen) atoms. The molecule has 3 rings (SSSR count). The normalized spacial score (nSPS) is 10.8. The van der Waals surface area contributed by atoms with Crippen molar-refractivity contribution >= 4 is 16.8 Å². The van der Waals surface area contributed by atoms with Gasteiger partial charge in [0.2, 0.25) is 0 Å². The van der Waals surface area contributed by atoms with E-state index >= 15 is 0 Å². The highest BCUT2D eigenvalue weighted by atomic mass is 16.3. The first-order valence-electron chi connectivity index (χ1n) is 6.47. The molecule has 2 aromatic carbocycles. The number of hydrogen-bond donors (Lipinski definition) is 1. The molecule has 0 saturated carbocycles. The van der Waals surface area contributed by atoms with E-state index in [9.17, 15) is 0 Å².